The largest absolute Gasteiger partial charge is 0.504 e. The maximum Gasteiger partial charge on any atom is 0.177 e. The monoisotopic (exact) mass is 203 g/mol. The Bertz CT molecular complexity index is 371. The van der Waals surface area contributed by atoms with Crippen molar-refractivity contribution in [2.45, 2.75) is 0 Å². The Kier molecular flexibility index (Phi) is 2.32. The summed E-state index contributed by atoms with van der Waals surface area (Å²) in [5.41, 5.74) is -0.0476. The first-order chi connectivity index (χ1) is 5.57. The third-order valence-corrected chi connectivity index (χ3v) is 1.95. The zero-order valence-corrected chi connectivity index (χ0v) is 7.19. The molecular formula is C7H3Cl2NO2. The molecule has 0 aromatic heterocycles. The molecule has 0 aliphatic heterocycles. The van der Waals surface area contributed by atoms with Gasteiger partial charge in [0.05, 0.1) is 10.6 Å². The summed E-state index contributed by atoms with van der Waals surface area (Å²) in [7, 11) is 0. The highest BCUT2D eigenvalue weighted by Gasteiger charge is 2.13. The molecule has 0 aliphatic rings. The summed E-state index contributed by atoms with van der Waals surface area (Å²) < 4.78 is 0. The molecule has 0 unspecified atom stereocenters. The molecule has 0 spiro atoms. The third kappa shape index (κ3) is 1.27. The molecule has 0 heterocycles. The number of phenols is 2. The van der Waals surface area contributed by atoms with Crippen LogP contribution < -0.4 is 0 Å². The molecule has 0 atom stereocenters. The lowest BCUT2D eigenvalue weighted by Gasteiger charge is -2.02. The van der Waals surface area contributed by atoms with Gasteiger partial charge in [0, 0.05) is 6.07 Å². The average Bonchev–Trinajstić information content (AvgIpc) is 2.01. The number of aromatic hydroxyl groups is 2. The Balaban J connectivity index is 3.54. The van der Waals surface area contributed by atoms with Gasteiger partial charge in [-0.05, 0) is 0 Å². The Morgan fingerprint density at radius 1 is 1.33 bits per heavy atom. The second-order valence-corrected chi connectivity index (χ2v) is 2.81. The van der Waals surface area contributed by atoms with Gasteiger partial charge in [0.25, 0.3) is 0 Å². The van der Waals surface area contributed by atoms with Crippen LogP contribution in [0.15, 0.2) is 6.07 Å². The molecule has 62 valence electrons. The number of hydrogen-bond donors (Lipinski definition) is 2. The lowest BCUT2D eigenvalue weighted by atomic mass is 10.2. The van der Waals surface area contributed by atoms with Gasteiger partial charge in [-0.15, -0.1) is 0 Å². The Hall–Kier alpha value is -1.11. The van der Waals surface area contributed by atoms with Crippen molar-refractivity contribution in [3.63, 3.8) is 0 Å². The van der Waals surface area contributed by atoms with Crippen LogP contribution in [0.4, 0.5) is 0 Å². The van der Waals surface area contributed by atoms with Crippen molar-refractivity contribution in [2.75, 3.05) is 0 Å². The second kappa shape index (κ2) is 3.10. The van der Waals surface area contributed by atoms with Crippen LogP contribution in [-0.4, -0.2) is 10.2 Å². The molecule has 0 radical (unpaired) electrons. The fourth-order valence-corrected chi connectivity index (χ4v) is 1.23. The van der Waals surface area contributed by atoms with Gasteiger partial charge >= 0.3 is 0 Å². The van der Waals surface area contributed by atoms with Crippen LogP contribution in [0.25, 0.3) is 0 Å². The van der Waals surface area contributed by atoms with E-state index in [1.165, 1.54) is 0 Å². The highest BCUT2D eigenvalue weighted by molar-refractivity contribution is 6.37. The first kappa shape index (κ1) is 8.98. The Morgan fingerprint density at radius 2 is 1.92 bits per heavy atom. The highest BCUT2D eigenvalue weighted by atomic mass is 35.5. The van der Waals surface area contributed by atoms with Gasteiger partial charge in [0.2, 0.25) is 0 Å². The summed E-state index contributed by atoms with van der Waals surface area (Å²) in [6.07, 6.45) is 0. The summed E-state index contributed by atoms with van der Waals surface area (Å²) in [6.45, 7) is 0. The van der Waals surface area contributed by atoms with Crippen LogP contribution >= 0.6 is 23.2 Å². The van der Waals surface area contributed by atoms with E-state index in [9.17, 15) is 0 Å². The zero-order valence-electron chi connectivity index (χ0n) is 5.67. The van der Waals surface area contributed by atoms with Gasteiger partial charge in [-0.25, -0.2) is 0 Å². The molecule has 0 bridgehead atoms. The number of phenolic OH excluding ortho intramolecular Hbond substituents is 2. The molecule has 12 heavy (non-hydrogen) atoms. The number of rotatable bonds is 0. The van der Waals surface area contributed by atoms with Gasteiger partial charge < -0.3 is 10.2 Å². The minimum Gasteiger partial charge on any atom is -0.504 e. The molecule has 0 saturated heterocycles. The van der Waals surface area contributed by atoms with E-state index in [1.807, 2.05) is 0 Å². The van der Waals surface area contributed by atoms with Gasteiger partial charge in [-0.3, -0.25) is 0 Å². The number of benzene rings is 1. The Morgan fingerprint density at radius 3 is 2.42 bits per heavy atom. The summed E-state index contributed by atoms with van der Waals surface area (Å²) in [5, 5.41) is 26.3. The van der Waals surface area contributed by atoms with Crippen molar-refractivity contribution in [1.82, 2.24) is 0 Å². The minimum absolute atomic E-state index is 0.0119. The molecule has 5 heteroatoms. The first-order valence-electron chi connectivity index (χ1n) is 2.88. The summed E-state index contributed by atoms with van der Waals surface area (Å²) in [4.78, 5) is 0. The maximum absolute atomic E-state index is 9.05. The molecule has 1 aromatic carbocycles. The number of hydrogen-bond acceptors (Lipinski definition) is 3. The van der Waals surface area contributed by atoms with Crippen molar-refractivity contribution in [3.8, 4) is 17.6 Å². The summed E-state index contributed by atoms with van der Waals surface area (Å²) >= 11 is 11.0. The Labute approximate surface area is 78.4 Å². The van der Waals surface area contributed by atoms with Crippen LogP contribution in [0.1, 0.15) is 5.56 Å². The molecule has 1 aromatic rings. The lowest BCUT2D eigenvalue weighted by Crippen LogP contribution is -1.81. The quantitative estimate of drug-likeness (QED) is 0.637. The van der Waals surface area contributed by atoms with Crippen molar-refractivity contribution < 1.29 is 10.2 Å². The topological polar surface area (TPSA) is 64.2 Å². The third-order valence-electron chi connectivity index (χ3n) is 1.28. The van der Waals surface area contributed by atoms with E-state index < -0.39 is 11.5 Å². The van der Waals surface area contributed by atoms with E-state index in [-0.39, 0.29) is 15.6 Å². The van der Waals surface area contributed by atoms with Crippen molar-refractivity contribution in [2.24, 2.45) is 0 Å². The normalized spacial score (nSPS) is 9.42. The number of nitriles is 1. The highest BCUT2D eigenvalue weighted by Crippen LogP contribution is 2.39. The van der Waals surface area contributed by atoms with Crippen molar-refractivity contribution >= 4 is 23.2 Å². The fraction of sp³-hybridized carbons (Fsp3) is 0. The van der Waals surface area contributed by atoms with E-state index in [0.29, 0.717) is 0 Å². The number of halogens is 2. The zero-order chi connectivity index (χ0) is 9.30. The molecule has 1 rings (SSSR count). The van der Waals surface area contributed by atoms with Crippen LogP contribution in [0.2, 0.25) is 10.0 Å². The van der Waals surface area contributed by atoms with Crippen molar-refractivity contribution in [3.05, 3.63) is 21.7 Å². The summed E-state index contributed by atoms with van der Waals surface area (Å²) in [5.74, 6) is -0.971. The van der Waals surface area contributed by atoms with Gasteiger partial charge in [0.1, 0.15) is 11.1 Å². The molecule has 2 N–H and O–H groups in total. The lowest BCUT2D eigenvalue weighted by molar-refractivity contribution is 0.404. The maximum atomic E-state index is 9.05. The summed E-state index contributed by atoms with van der Waals surface area (Å²) in [6, 6.07) is 2.75. The molecule has 0 aliphatic carbocycles. The molecule has 0 amide bonds. The van der Waals surface area contributed by atoms with E-state index in [0.717, 1.165) is 6.07 Å². The van der Waals surface area contributed by atoms with E-state index in [2.05, 4.69) is 0 Å². The smallest absolute Gasteiger partial charge is 0.177 e. The first-order valence-corrected chi connectivity index (χ1v) is 3.63. The average molecular weight is 204 g/mol. The second-order valence-electron chi connectivity index (χ2n) is 2.03. The standard InChI is InChI=1S/C7H3Cl2NO2/c8-4-1-5(11)7(12)6(9)3(4)2-10/h1,11-12H. The van der Waals surface area contributed by atoms with E-state index in [4.69, 9.17) is 38.7 Å². The van der Waals surface area contributed by atoms with Gasteiger partial charge in [-0.1, -0.05) is 23.2 Å². The molecule has 0 saturated carbocycles. The van der Waals surface area contributed by atoms with Gasteiger partial charge in [-0.2, -0.15) is 5.26 Å². The predicted molar refractivity (Wildman–Crippen MR) is 44.5 cm³/mol. The molecule has 3 nitrogen and oxygen atoms in total. The fourth-order valence-electron chi connectivity index (χ4n) is 0.699. The number of nitrogens with zero attached hydrogens (tertiary/aromatic N) is 1. The molecule has 0 fully saturated rings. The van der Waals surface area contributed by atoms with Crippen LogP contribution in [0, 0.1) is 11.3 Å². The minimum atomic E-state index is -0.530. The molecular weight excluding hydrogens is 201 g/mol. The van der Waals surface area contributed by atoms with Crippen LogP contribution in [0.3, 0.4) is 0 Å². The van der Waals surface area contributed by atoms with Crippen LogP contribution in [-0.2, 0) is 0 Å². The van der Waals surface area contributed by atoms with Crippen molar-refractivity contribution in [1.29, 1.82) is 5.26 Å². The SMILES string of the molecule is N#Cc1c(Cl)cc(O)c(O)c1Cl. The van der Waals surface area contributed by atoms with E-state index >= 15 is 0 Å². The van der Waals surface area contributed by atoms with Gasteiger partial charge in [0.15, 0.2) is 11.5 Å². The van der Waals surface area contributed by atoms with Crippen LogP contribution in [0.5, 0.6) is 11.5 Å². The predicted octanol–water partition coefficient (Wildman–Crippen LogP) is 2.28. The van der Waals surface area contributed by atoms with E-state index in [1.54, 1.807) is 6.07 Å².